The average molecular weight is 185 g/mol. The minimum absolute atomic E-state index is 0.909. The standard InChI is InChI=1S/C11H11N3/c1-8-2-3-9(8)10-7-14-5-4-12-11(14)6-13-10/h4-7H,2-3H2,1H3. The van der Waals surface area contributed by atoms with Crippen LogP contribution < -0.4 is 0 Å². The number of hydrogen-bond donors (Lipinski definition) is 0. The van der Waals surface area contributed by atoms with Crippen LogP contribution in [0.5, 0.6) is 0 Å². The third kappa shape index (κ3) is 0.985. The van der Waals surface area contributed by atoms with Crippen LogP contribution >= 0.6 is 0 Å². The molecule has 1 aliphatic carbocycles. The number of imidazole rings is 1. The van der Waals surface area contributed by atoms with Gasteiger partial charge >= 0.3 is 0 Å². The molecule has 2 aromatic heterocycles. The highest BCUT2D eigenvalue weighted by atomic mass is 15.0. The molecule has 2 aromatic rings. The topological polar surface area (TPSA) is 30.2 Å². The summed E-state index contributed by atoms with van der Waals surface area (Å²) < 4.78 is 2.01. The molecular formula is C11H11N3. The van der Waals surface area contributed by atoms with Gasteiger partial charge in [-0.3, -0.25) is 4.98 Å². The molecule has 0 aliphatic heterocycles. The zero-order valence-corrected chi connectivity index (χ0v) is 8.07. The summed E-state index contributed by atoms with van der Waals surface area (Å²) in [7, 11) is 0. The third-order valence-electron chi connectivity index (χ3n) is 2.85. The van der Waals surface area contributed by atoms with Gasteiger partial charge in [0.2, 0.25) is 0 Å². The van der Waals surface area contributed by atoms with E-state index in [-0.39, 0.29) is 0 Å². The Kier molecular flexibility index (Phi) is 1.48. The van der Waals surface area contributed by atoms with Gasteiger partial charge in [-0.2, -0.15) is 0 Å². The third-order valence-corrected chi connectivity index (χ3v) is 2.85. The number of rotatable bonds is 1. The fraction of sp³-hybridized carbons (Fsp3) is 0.273. The second kappa shape index (κ2) is 2.67. The summed E-state index contributed by atoms with van der Waals surface area (Å²) in [5.41, 5.74) is 4.88. The van der Waals surface area contributed by atoms with Crippen molar-refractivity contribution in [2.75, 3.05) is 0 Å². The summed E-state index contributed by atoms with van der Waals surface area (Å²) in [6, 6.07) is 0. The Morgan fingerprint density at radius 3 is 2.93 bits per heavy atom. The Morgan fingerprint density at radius 2 is 2.21 bits per heavy atom. The van der Waals surface area contributed by atoms with Gasteiger partial charge in [-0.1, -0.05) is 5.57 Å². The minimum atomic E-state index is 0.909. The van der Waals surface area contributed by atoms with Crippen LogP contribution in [0.2, 0.25) is 0 Å². The van der Waals surface area contributed by atoms with Crippen molar-refractivity contribution >= 4 is 11.2 Å². The van der Waals surface area contributed by atoms with Crippen molar-refractivity contribution in [2.45, 2.75) is 19.8 Å². The zero-order valence-electron chi connectivity index (χ0n) is 8.07. The van der Waals surface area contributed by atoms with E-state index in [1.807, 2.05) is 16.8 Å². The van der Waals surface area contributed by atoms with Gasteiger partial charge in [0.05, 0.1) is 11.9 Å². The second-order valence-electron chi connectivity index (χ2n) is 3.72. The molecule has 0 aromatic carbocycles. The van der Waals surface area contributed by atoms with Crippen molar-refractivity contribution in [3.8, 4) is 0 Å². The summed E-state index contributed by atoms with van der Waals surface area (Å²) >= 11 is 0. The number of aromatic nitrogens is 3. The molecule has 70 valence electrons. The van der Waals surface area contributed by atoms with Crippen LogP contribution in [-0.4, -0.2) is 14.4 Å². The Hall–Kier alpha value is -1.64. The van der Waals surface area contributed by atoms with Gasteiger partial charge in [0.1, 0.15) is 0 Å². The van der Waals surface area contributed by atoms with E-state index < -0.39 is 0 Å². The molecule has 0 atom stereocenters. The molecule has 0 fully saturated rings. The fourth-order valence-electron chi connectivity index (χ4n) is 1.83. The van der Waals surface area contributed by atoms with Crippen LogP contribution in [0.25, 0.3) is 11.2 Å². The smallest absolute Gasteiger partial charge is 0.155 e. The number of nitrogens with zero attached hydrogens (tertiary/aromatic N) is 3. The maximum atomic E-state index is 4.41. The largest absolute Gasteiger partial charge is 0.304 e. The molecule has 14 heavy (non-hydrogen) atoms. The van der Waals surface area contributed by atoms with Crippen molar-refractivity contribution in [2.24, 2.45) is 0 Å². The summed E-state index contributed by atoms with van der Waals surface area (Å²) in [5.74, 6) is 0. The molecule has 0 saturated heterocycles. The summed E-state index contributed by atoms with van der Waals surface area (Å²) in [5, 5.41) is 0. The Bertz CT molecular complexity index is 522. The average Bonchev–Trinajstić information content (AvgIpc) is 2.62. The first-order valence-electron chi connectivity index (χ1n) is 4.82. The van der Waals surface area contributed by atoms with Crippen molar-refractivity contribution in [3.05, 3.63) is 36.1 Å². The molecule has 0 radical (unpaired) electrons. The molecule has 1 aliphatic rings. The van der Waals surface area contributed by atoms with Crippen molar-refractivity contribution in [1.82, 2.24) is 14.4 Å². The van der Waals surface area contributed by atoms with Gasteiger partial charge in [0, 0.05) is 18.6 Å². The lowest BCUT2D eigenvalue weighted by Crippen LogP contribution is -2.03. The minimum Gasteiger partial charge on any atom is -0.304 e. The van der Waals surface area contributed by atoms with E-state index in [9.17, 15) is 0 Å². The SMILES string of the molecule is CC1=C(c2cn3ccnc3cn2)CC1. The first kappa shape index (κ1) is 7.74. The predicted molar refractivity (Wildman–Crippen MR) is 54.8 cm³/mol. The van der Waals surface area contributed by atoms with Gasteiger partial charge in [-0.25, -0.2) is 4.98 Å². The zero-order chi connectivity index (χ0) is 9.54. The van der Waals surface area contributed by atoms with Gasteiger partial charge in [-0.15, -0.1) is 0 Å². The molecule has 0 spiro atoms. The highest BCUT2D eigenvalue weighted by Gasteiger charge is 2.16. The quantitative estimate of drug-likeness (QED) is 0.682. The molecule has 0 amide bonds. The molecule has 0 bridgehead atoms. The lowest BCUT2D eigenvalue weighted by atomic mass is 9.88. The van der Waals surface area contributed by atoms with Crippen LogP contribution in [0.1, 0.15) is 25.5 Å². The molecule has 3 nitrogen and oxygen atoms in total. The molecular weight excluding hydrogens is 174 g/mol. The first-order chi connectivity index (χ1) is 6.84. The lowest BCUT2D eigenvalue weighted by Gasteiger charge is -2.20. The monoisotopic (exact) mass is 185 g/mol. The lowest BCUT2D eigenvalue weighted by molar-refractivity contribution is 0.887. The van der Waals surface area contributed by atoms with Crippen LogP contribution in [0, 0.1) is 0 Å². The van der Waals surface area contributed by atoms with E-state index in [2.05, 4.69) is 23.1 Å². The maximum Gasteiger partial charge on any atom is 0.155 e. The van der Waals surface area contributed by atoms with Crippen LogP contribution in [0.3, 0.4) is 0 Å². The fourth-order valence-corrected chi connectivity index (χ4v) is 1.83. The van der Waals surface area contributed by atoms with E-state index in [1.54, 1.807) is 6.20 Å². The first-order valence-corrected chi connectivity index (χ1v) is 4.82. The van der Waals surface area contributed by atoms with Crippen molar-refractivity contribution in [1.29, 1.82) is 0 Å². The molecule has 3 heteroatoms. The molecule has 0 N–H and O–H groups in total. The Balaban J connectivity index is 2.18. The van der Waals surface area contributed by atoms with Crippen LogP contribution in [-0.2, 0) is 0 Å². The van der Waals surface area contributed by atoms with Gasteiger partial charge in [0.15, 0.2) is 5.65 Å². The molecule has 2 heterocycles. The van der Waals surface area contributed by atoms with E-state index in [4.69, 9.17) is 0 Å². The van der Waals surface area contributed by atoms with Crippen LogP contribution in [0.15, 0.2) is 30.4 Å². The number of allylic oxidation sites excluding steroid dienone is 2. The van der Waals surface area contributed by atoms with E-state index >= 15 is 0 Å². The Labute approximate surface area is 82.1 Å². The maximum absolute atomic E-state index is 4.41. The molecule has 0 unspecified atom stereocenters. The molecule has 0 saturated carbocycles. The predicted octanol–water partition coefficient (Wildman–Crippen LogP) is 2.30. The normalized spacial score (nSPS) is 16.1. The number of fused-ring (bicyclic) bond motifs is 1. The summed E-state index contributed by atoms with van der Waals surface area (Å²) in [4.78, 5) is 8.58. The highest BCUT2D eigenvalue weighted by molar-refractivity contribution is 5.70. The number of hydrogen-bond acceptors (Lipinski definition) is 2. The van der Waals surface area contributed by atoms with E-state index in [0.29, 0.717) is 0 Å². The highest BCUT2D eigenvalue weighted by Crippen LogP contribution is 2.34. The van der Waals surface area contributed by atoms with Gasteiger partial charge < -0.3 is 4.40 Å². The van der Waals surface area contributed by atoms with Crippen molar-refractivity contribution in [3.63, 3.8) is 0 Å². The second-order valence-corrected chi connectivity index (χ2v) is 3.72. The summed E-state index contributed by atoms with van der Waals surface area (Å²) in [6.45, 7) is 2.18. The van der Waals surface area contributed by atoms with Gasteiger partial charge in [0.25, 0.3) is 0 Å². The Morgan fingerprint density at radius 1 is 1.29 bits per heavy atom. The molecule has 3 rings (SSSR count). The van der Waals surface area contributed by atoms with E-state index in [0.717, 1.165) is 11.3 Å². The van der Waals surface area contributed by atoms with Gasteiger partial charge in [-0.05, 0) is 25.3 Å². The van der Waals surface area contributed by atoms with Crippen molar-refractivity contribution < 1.29 is 0 Å². The summed E-state index contributed by atoms with van der Waals surface area (Å²) in [6.07, 6.45) is 10.0. The van der Waals surface area contributed by atoms with Crippen LogP contribution in [0.4, 0.5) is 0 Å². The van der Waals surface area contributed by atoms with E-state index in [1.165, 1.54) is 24.0 Å².